The summed E-state index contributed by atoms with van der Waals surface area (Å²) < 4.78 is 11.7. The van der Waals surface area contributed by atoms with Crippen molar-refractivity contribution in [3.63, 3.8) is 0 Å². The summed E-state index contributed by atoms with van der Waals surface area (Å²) in [6, 6.07) is 5.71. The molecule has 0 saturated heterocycles. The molecule has 0 saturated carbocycles. The Bertz CT molecular complexity index is 690. The standard InChI is InChI=1S/C13H11BrN2O3S/c14-11-12(17)15-7-16-13(11)20-8-2-3-9-10(6-8)19-5-1-4-18-9/h2-3,6-7H,1,4-5H2,(H,15,16,17). The number of fused-ring (bicyclic) bond motifs is 1. The average molecular weight is 355 g/mol. The number of hydrogen-bond donors (Lipinski definition) is 1. The molecule has 0 atom stereocenters. The monoisotopic (exact) mass is 354 g/mol. The maximum atomic E-state index is 11.5. The van der Waals surface area contributed by atoms with Crippen LogP contribution in [0.25, 0.3) is 0 Å². The minimum absolute atomic E-state index is 0.197. The second-order valence-corrected chi connectivity index (χ2v) is 5.97. The van der Waals surface area contributed by atoms with Gasteiger partial charge in [0, 0.05) is 11.3 Å². The zero-order valence-electron chi connectivity index (χ0n) is 10.4. The molecule has 1 aliphatic rings. The van der Waals surface area contributed by atoms with Crippen molar-refractivity contribution in [1.82, 2.24) is 9.97 Å². The fourth-order valence-corrected chi connectivity index (χ4v) is 3.03. The highest BCUT2D eigenvalue weighted by Gasteiger charge is 2.13. The van der Waals surface area contributed by atoms with Crippen molar-refractivity contribution < 1.29 is 9.47 Å². The van der Waals surface area contributed by atoms with E-state index in [0.29, 0.717) is 22.7 Å². The normalized spacial score (nSPS) is 13.8. The summed E-state index contributed by atoms with van der Waals surface area (Å²) >= 11 is 4.64. The van der Waals surface area contributed by atoms with E-state index in [1.54, 1.807) is 0 Å². The Morgan fingerprint density at radius 1 is 1.25 bits per heavy atom. The second kappa shape index (κ2) is 5.88. The van der Waals surface area contributed by atoms with E-state index in [-0.39, 0.29) is 5.56 Å². The van der Waals surface area contributed by atoms with E-state index < -0.39 is 0 Å². The van der Waals surface area contributed by atoms with Crippen LogP contribution >= 0.6 is 27.7 Å². The molecule has 0 fully saturated rings. The van der Waals surface area contributed by atoms with Crippen molar-refractivity contribution in [2.75, 3.05) is 13.2 Å². The molecule has 7 heteroatoms. The Kier molecular flexibility index (Phi) is 3.98. The highest BCUT2D eigenvalue weighted by Crippen LogP contribution is 2.37. The van der Waals surface area contributed by atoms with Crippen molar-refractivity contribution in [2.45, 2.75) is 16.3 Å². The van der Waals surface area contributed by atoms with Crippen LogP contribution in [0.3, 0.4) is 0 Å². The molecule has 2 heterocycles. The minimum Gasteiger partial charge on any atom is -0.490 e. The lowest BCUT2D eigenvalue weighted by atomic mass is 10.3. The summed E-state index contributed by atoms with van der Waals surface area (Å²) in [4.78, 5) is 19.1. The van der Waals surface area contributed by atoms with E-state index in [0.717, 1.165) is 22.8 Å². The van der Waals surface area contributed by atoms with Gasteiger partial charge in [0.05, 0.1) is 19.5 Å². The molecule has 1 aromatic carbocycles. The molecule has 0 bridgehead atoms. The Morgan fingerprint density at radius 3 is 2.90 bits per heavy atom. The van der Waals surface area contributed by atoms with Gasteiger partial charge in [0.2, 0.25) is 0 Å². The molecule has 5 nitrogen and oxygen atoms in total. The third kappa shape index (κ3) is 2.83. The first-order valence-corrected chi connectivity index (χ1v) is 7.65. The Morgan fingerprint density at radius 2 is 2.05 bits per heavy atom. The fraction of sp³-hybridized carbons (Fsp3) is 0.231. The van der Waals surface area contributed by atoms with Gasteiger partial charge >= 0.3 is 0 Å². The number of aromatic nitrogens is 2. The Labute approximate surface area is 127 Å². The number of nitrogens with one attached hydrogen (secondary N) is 1. The SMILES string of the molecule is O=c1[nH]cnc(Sc2ccc3c(c2)OCCCO3)c1Br. The van der Waals surface area contributed by atoms with Gasteiger partial charge in [-0.1, -0.05) is 11.8 Å². The van der Waals surface area contributed by atoms with Crippen LogP contribution in [-0.4, -0.2) is 23.2 Å². The highest BCUT2D eigenvalue weighted by atomic mass is 79.9. The zero-order chi connectivity index (χ0) is 13.9. The molecule has 0 radical (unpaired) electrons. The van der Waals surface area contributed by atoms with Crippen LogP contribution in [0.2, 0.25) is 0 Å². The first-order chi connectivity index (χ1) is 9.74. The maximum Gasteiger partial charge on any atom is 0.266 e. The summed E-state index contributed by atoms with van der Waals surface area (Å²) in [6.07, 6.45) is 2.26. The van der Waals surface area contributed by atoms with E-state index >= 15 is 0 Å². The molecule has 0 spiro atoms. The summed E-state index contributed by atoms with van der Waals surface area (Å²) in [6.45, 7) is 1.31. The fourth-order valence-electron chi connectivity index (χ4n) is 1.76. The highest BCUT2D eigenvalue weighted by molar-refractivity contribution is 9.10. The molecule has 0 unspecified atom stereocenters. The second-order valence-electron chi connectivity index (χ2n) is 4.11. The van der Waals surface area contributed by atoms with E-state index in [2.05, 4.69) is 25.9 Å². The van der Waals surface area contributed by atoms with Crippen molar-refractivity contribution in [1.29, 1.82) is 0 Å². The smallest absolute Gasteiger partial charge is 0.266 e. The quantitative estimate of drug-likeness (QED) is 0.840. The largest absolute Gasteiger partial charge is 0.490 e. The van der Waals surface area contributed by atoms with Crippen LogP contribution in [0.5, 0.6) is 11.5 Å². The summed E-state index contributed by atoms with van der Waals surface area (Å²) in [5.74, 6) is 1.48. The molecule has 2 aromatic rings. The first kappa shape index (κ1) is 13.5. The van der Waals surface area contributed by atoms with Crippen LogP contribution in [-0.2, 0) is 0 Å². The summed E-state index contributed by atoms with van der Waals surface area (Å²) in [7, 11) is 0. The number of rotatable bonds is 2. The van der Waals surface area contributed by atoms with Gasteiger partial charge in [-0.05, 0) is 34.1 Å². The Balaban J connectivity index is 1.90. The number of halogens is 1. The van der Waals surface area contributed by atoms with Gasteiger partial charge in [0.1, 0.15) is 9.50 Å². The number of ether oxygens (including phenoxy) is 2. The van der Waals surface area contributed by atoms with Gasteiger partial charge in [0.15, 0.2) is 11.5 Å². The molecule has 104 valence electrons. The van der Waals surface area contributed by atoms with Crippen LogP contribution in [0.4, 0.5) is 0 Å². The summed E-state index contributed by atoms with van der Waals surface area (Å²) in [5, 5.41) is 0.614. The third-order valence-electron chi connectivity index (χ3n) is 2.70. The first-order valence-electron chi connectivity index (χ1n) is 6.05. The van der Waals surface area contributed by atoms with E-state index in [4.69, 9.17) is 9.47 Å². The topological polar surface area (TPSA) is 64.2 Å². The van der Waals surface area contributed by atoms with Gasteiger partial charge in [-0.3, -0.25) is 4.79 Å². The predicted molar refractivity (Wildman–Crippen MR) is 78.7 cm³/mol. The molecule has 1 aromatic heterocycles. The number of nitrogens with zero attached hydrogens (tertiary/aromatic N) is 1. The van der Waals surface area contributed by atoms with Crippen LogP contribution in [0, 0.1) is 0 Å². The molecule has 0 aliphatic carbocycles. The molecular formula is C13H11BrN2O3S. The van der Waals surface area contributed by atoms with Gasteiger partial charge < -0.3 is 14.5 Å². The number of H-pyrrole nitrogens is 1. The average Bonchev–Trinajstić information content (AvgIpc) is 2.69. The van der Waals surface area contributed by atoms with Crippen molar-refractivity contribution in [3.05, 3.63) is 39.4 Å². The van der Waals surface area contributed by atoms with Gasteiger partial charge in [-0.15, -0.1) is 0 Å². The molecular weight excluding hydrogens is 344 g/mol. The number of hydrogen-bond acceptors (Lipinski definition) is 5. The predicted octanol–water partition coefficient (Wildman–Crippen LogP) is 2.84. The summed E-state index contributed by atoms with van der Waals surface area (Å²) in [5.41, 5.74) is -0.197. The van der Waals surface area contributed by atoms with Crippen LogP contribution in [0.1, 0.15) is 6.42 Å². The van der Waals surface area contributed by atoms with Crippen molar-refractivity contribution in [3.8, 4) is 11.5 Å². The van der Waals surface area contributed by atoms with E-state index in [1.807, 2.05) is 18.2 Å². The van der Waals surface area contributed by atoms with Crippen LogP contribution < -0.4 is 15.0 Å². The molecule has 1 N–H and O–H groups in total. The van der Waals surface area contributed by atoms with Crippen molar-refractivity contribution in [2.24, 2.45) is 0 Å². The maximum absolute atomic E-state index is 11.5. The van der Waals surface area contributed by atoms with Gasteiger partial charge in [-0.25, -0.2) is 4.98 Å². The van der Waals surface area contributed by atoms with Crippen LogP contribution in [0.15, 0.2) is 43.7 Å². The minimum atomic E-state index is -0.197. The van der Waals surface area contributed by atoms with Gasteiger partial charge in [-0.2, -0.15) is 0 Å². The van der Waals surface area contributed by atoms with E-state index in [9.17, 15) is 4.79 Å². The van der Waals surface area contributed by atoms with Gasteiger partial charge in [0.25, 0.3) is 5.56 Å². The molecule has 3 rings (SSSR count). The number of benzene rings is 1. The lowest BCUT2D eigenvalue weighted by Crippen LogP contribution is -2.07. The molecule has 20 heavy (non-hydrogen) atoms. The van der Waals surface area contributed by atoms with Crippen molar-refractivity contribution >= 4 is 27.7 Å². The lowest BCUT2D eigenvalue weighted by Gasteiger charge is -2.09. The number of aromatic amines is 1. The zero-order valence-corrected chi connectivity index (χ0v) is 12.8. The lowest BCUT2D eigenvalue weighted by molar-refractivity contribution is 0.297. The molecule has 0 amide bonds. The Hall–Kier alpha value is -1.47. The molecule has 1 aliphatic heterocycles. The van der Waals surface area contributed by atoms with E-state index in [1.165, 1.54) is 18.1 Å². The third-order valence-corrected chi connectivity index (χ3v) is 4.69.